The normalized spacial score (nSPS) is 14.2. The van der Waals surface area contributed by atoms with Gasteiger partial charge in [-0.1, -0.05) is 13.8 Å². The number of hydrogen-bond acceptors (Lipinski definition) is 4. The van der Waals surface area contributed by atoms with Crippen molar-refractivity contribution in [3.8, 4) is 0 Å². The van der Waals surface area contributed by atoms with Gasteiger partial charge in [0.05, 0.1) is 6.42 Å². The average molecular weight is 309 g/mol. The van der Waals surface area contributed by atoms with E-state index >= 15 is 0 Å². The van der Waals surface area contributed by atoms with E-state index in [9.17, 15) is 13.2 Å². The molecule has 7 nitrogen and oxygen atoms in total. The Kier molecular flexibility index (Phi) is 8.26. The fraction of sp³-hybridized carbons (Fsp3) is 0.917. The molecule has 0 amide bonds. The third-order valence-electron chi connectivity index (χ3n) is 2.71. The molecule has 0 saturated heterocycles. The Labute approximate surface area is 122 Å². The Morgan fingerprint density at radius 1 is 1.25 bits per heavy atom. The molecule has 0 saturated carbocycles. The molecule has 0 aromatic carbocycles. The van der Waals surface area contributed by atoms with Crippen molar-refractivity contribution < 1.29 is 18.3 Å². The molecule has 0 aliphatic heterocycles. The first-order valence-electron chi connectivity index (χ1n) is 6.64. The van der Waals surface area contributed by atoms with Crippen molar-refractivity contribution in [2.75, 3.05) is 34.2 Å². The SMILES string of the molecule is CC(C)CC(CN(C)C)NS(=O)(=O)N(C)CCC(=O)O. The van der Waals surface area contributed by atoms with E-state index in [1.165, 1.54) is 7.05 Å². The first-order chi connectivity index (χ1) is 9.04. The third kappa shape index (κ3) is 8.47. The van der Waals surface area contributed by atoms with Crippen molar-refractivity contribution in [2.24, 2.45) is 5.92 Å². The molecule has 0 aromatic heterocycles. The summed E-state index contributed by atoms with van der Waals surface area (Å²) in [7, 11) is 1.50. The lowest BCUT2D eigenvalue weighted by atomic mass is 10.0. The summed E-state index contributed by atoms with van der Waals surface area (Å²) in [4.78, 5) is 12.4. The van der Waals surface area contributed by atoms with Crippen LogP contribution in [0.4, 0.5) is 0 Å². The van der Waals surface area contributed by atoms with Crippen molar-refractivity contribution in [2.45, 2.75) is 32.7 Å². The number of rotatable bonds is 10. The molecule has 120 valence electrons. The van der Waals surface area contributed by atoms with Crippen molar-refractivity contribution in [1.29, 1.82) is 0 Å². The van der Waals surface area contributed by atoms with E-state index in [4.69, 9.17) is 5.11 Å². The summed E-state index contributed by atoms with van der Waals surface area (Å²) < 4.78 is 27.9. The zero-order chi connectivity index (χ0) is 15.9. The van der Waals surface area contributed by atoms with Gasteiger partial charge in [-0.15, -0.1) is 0 Å². The Morgan fingerprint density at radius 3 is 2.20 bits per heavy atom. The summed E-state index contributed by atoms with van der Waals surface area (Å²) in [6, 6.07) is -0.192. The Morgan fingerprint density at radius 2 is 1.80 bits per heavy atom. The second-order valence-corrected chi connectivity index (χ2v) is 7.49. The van der Waals surface area contributed by atoms with Gasteiger partial charge in [0.25, 0.3) is 10.2 Å². The van der Waals surface area contributed by atoms with E-state index < -0.39 is 16.2 Å². The van der Waals surface area contributed by atoms with E-state index in [1.807, 2.05) is 32.8 Å². The molecule has 8 heteroatoms. The fourth-order valence-electron chi connectivity index (χ4n) is 1.84. The fourth-order valence-corrected chi connectivity index (χ4v) is 2.95. The van der Waals surface area contributed by atoms with Gasteiger partial charge >= 0.3 is 5.97 Å². The van der Waals surface area contributed by atoms with Crippen LogP contribution in [-0.2, 0) is 15.0 Å². The van der Waals surface area contributed by atoms with E-state index in [2.05, 4.69) is 4.72 Å². The van der Waals surface area contributed by atoms with Gasteiger partial charge < -0.3 is 10.0 Å². The van der Waals surface area contributed by atoms with Gasteiger partial charge in [0.2, 0.25) is 0 Å². The second-order valence-electron chi connectivity index (χ2n) is 5.68. The zero-order valence-corrected chi connectivity index (χ0v) is 13.8. The van der Waals surface area contributed by atoms with Crippen LogP contribution in [0.3, 0.4) is 0 Å². The van der Waals surface area contributed by atoms with Crippen LogP contribution >= 0.6 is 0 Å². The lowest BCUT2D eigenvalue weighted by molar-refractivity contribution is -0.137. The molecule has 1 unspecified atom stereocenters. The van der Waals surface area contributed by atoms with Crippen molar-refractivity contribution in [3.05, 3.63) is 0 Å². The van der Waals surface area contributed by atoms with Crippen molar-refractivity contribution >= 4 is 16.2 Å². The first kappa shape index (κ1) is 19.3. The lowest BCUT2D eigenvalue weighted by Gasteiger charge is -2.26. The molecule has 0 aliphatic rings. The maximum Gasteiger partial charge on any atom is 0.304 e. The molecule has 0 spiro atoms. The van der Waals surface area contributed by atoms with Crippen LogP contribution < -0.4 is 4.72 Å². The van der Waals surface area contributed by atoms with E-state index in [-0.39, 0.29) is 19.0 Å². The average Bonchev–Trinajstić information content (AvgIpc) is 2.22. The minimum Gasteiger partial charge on any atom is -0.481 e. The Bertz CT molecular complexity index is 386. The maximum atomic E-state index is 12.1. The van der Waals surface area contributed by atoms with E-state index in [0.717, 1.165) is 10.7 Å². The summed E-state index contributed by atoms with van der Waals surface area (Å²) in [5.74, 6) is -0.647. The minimum absolute atomic E-state index is 0.0406. The molecule has 2 N–H and O–H groups in total. The quantitative estimate of drug-likeness (QED) is 0.602. The number of carboxylic acid groups (broad SMARTS) is 1. The molecule has 0 rings (SSSR count). The number of likely N-dealkylation sites (N-methyl/N-ethyl adjacent to an activating group) is 1. The standard InChI is InChI=1S/C12H27N3O4S/c1-10(2)8-11(9-14(3)4)13-20(18,19)15(5)7-6-12(16)17/h10-11,13H,6-9H2,1-5H3,(H,16,17). The highest BCUT2D eigenvalue weighted by Gasteiger charge is 2.23. The van der Waals surface area contributed by atoms with Gasteiger partial charge in [-0.25, -0.2) is 0 Å². The second kappa shape index (κ2) is 8.56. The van der Waals surface area contributed by atoms with Crippen LogP contribution in [-0.4, -0.2) is 69.0 Å². The van der Waals surface area contributed by atoms with Crippen LogP contribution in [0.5, 0.6) is 0 Å². The minimum atomic E-state index is -3.65. The van der Waals surface area contributed by atoms with Gasteiger partial charge in [0.1, 0.15) is 0 Å². The van der Waals surface area contributed by atoms with Crippen molar-refractivity contribution in [1.82, 2.24) is 13.9 Å². The molecule has 0 aliphatic carbocycles. The number of aliphatic carboxylic acids is 1. The largest absolute Gasteiger partial charge is 0.481 e. The number of nitrogens with zero attached hydrogens (tertiary/aromatic N) is 2. The highest BCUT2D eigenvalue weighted by Crippen LogP contribution is 2.08. The number of hydrogen-bond donors (Lipinski definition) is 2. The van der Waals surface area contributed by atoms with Gasteiger partial charge in [0.15, 0.2) is 0 Å². The van der Waals surface area contributed by atoms with Gasteiger partial charge in [-0.2, -0.15) is 17.4 Å². The molecule has 0 fully saturated rings. The summed E-state index contributed by atoms with van der Waals surface area (Å²) in [6.07, 6.45) is 0.518. The smallest absolute Gasteiger partial charge is 0.304 e. The highest BCUT2D eigenvalue weighted by molar-refractivity contribution is 7.87. The van der Waals surface area contributed by atoms with Crippen LogP contribution in [0.1, 0.15) is 26.7 Å². The molecule has 0 aromatic rings. The van der Waals surface area contributed by atoms with E-state index in [1.54, 1.807) is 0 Å². The number of carbonyl (C=O) groups is 1. The topological polar surface area (TPSA) is 90.0 Å². The Hall–Kier alpha value is -0.700. The number of nitrogens with one attached hydrogen (secondary N) is 1. The molecule has 20 heavy (non-hydrogen) atoms. The summed E-state index contributed by atoms with van der Waals surface area (Å²) in [5.41, 5.74) is 0. The summed E-state index contributed by atoms with van der Waals surface area (Å²) in [6.45, 7) is 4.63. The maximum absolute atomic E-state index is 12.1. The van der Waals surface area contributed by atoms with Gasteiger partial charge in [0, 0.05) is 26.2 Å². The van der Waals surface area contributed by atoms with Crippen LogP contribution in [0.15, 0.2) is 0 Å². The predicted octanol–water partition coefficient (Wildman–Crippen LogP) is 0.204. The van der Waals surface area contributed by atoms with Gasteiger partial charge in [-0.05, 0) is 26.4 Å². The first-order valence-corrected chi connectivity index (χ1v) is 8.08. The monoisotopic (exact) mass is 309 g/mol. The molecular formula is C12H27N3O4S. The van der Waals surface area contributed by atoms with E-state index in [0.29, 0.717) is 12.5 Å². The number of carboxylic acids is 1. The summed E-state index contributed by atoms with van der Waals surface area (Å²) in [5, 5.41) is 8.60. The highest BCUT2D eigenvalue weighted by atomic mass is 32.2. The molecule has 0 bridgehead atoms. The summed E-state index contributed by atoms with van der Waals surface area (Å²) >= 11 is 0. The third-order valence-corrected chi connectivity index (χ3v) is 4.34. The molecular weight excluding hydrogens is 282 g/mol. The van der Waals surface area contributed by atoms with Gasteiger partial charge in [-0.3, -0.25) is 4.79 Å². The van der Waals surface area contributed by atoms with Crippen molar-refractivity contribution in [3.63, 3.8) is 0 Å². The lowest BCUT2D eigenvalue weighted by Crippen LogP contribution is -2.48. The molecule has 0 heterocycles. The zero-order valence-electron chi connectivity index (χ0n) is 13.0. The van der Waals surface area contributed by atoms with Crippen LogP contribution in [0.25, 0.3) is 0 Å². The Balaban J connectivity index is 4.68. The predicted molar refractivity (Wildman–Crippen MR) is 78.7 cm³/mol. The molecule has 0 radical (unpaired) electrons. The van der Waals surface area contributed by atoms with Crippen LogP contribution in [0, 0.1) is 5.92 Å². The molecule has 1 atom stereocenters. The van der Waals surface area contributed by atoms with Crippen LogP contribution in [0.2, 0.25) is 0 Å².